The van der Waals surface area contributed by atoms with Crippen molar-refractivity contribution in [3.8, 4) is 11.4 Å². The molecule has 0 unspecified atom stereocenters. The van der Waals surface area contributed by atoms with Crippen LogP contribution in [0.2, 0.25) is 0 Å². The van der Waals surface area contributed by atoms with Crippen molar-refractivity contribution >= 4 is 16.8 Å². The first-order valence-corrected chi connectivity index (χ1v) is 8.57. The number of rotatable bonds is 6. The van der Waals surface area contributed by atoms with Crippen molar-refractivity contribution in [2.24, 2.45) is 0 Å². The van der Waals surface area contributed by atoms with Crippen LogP contribution in [0.4, 0.5) is 0 Å². The number of para-hydroxylation sites is 1. The number of fused-ring (bicyclic) bond motifs is 1. The molecule has 0 aliphatic rings. The summed E-state index contributed by atoms with van der Waals surface area (Å²) in [4.78, 5) is 16.6. The number of nitrogens with zero attached hydrogens (tertiary/aromatic N) is 3. The lowest BCUT2D eigenvalue weighted by molar-refractivity contribution is -0.121. The molecule has 0 aliphatic carbocycles. The number of nitrogens with one attached hydrogen (secondary N) is 2. The van der Waals surface area contributed by atoms with Crippen molar-refractivity contribution in [1.82, 2.24) is 25.1 Å². The smallest absolute Gasteiger partial charge is 0.222 e. The molecule has 0 atom stereocenters. The molecule has 0 aliphatic heterocycles. The lowest BCUT2D eigenvalue weighted by Gasteiger charge is -2.06. The number of carbonyl (C=O) groups excluding carboxylic acids is 1. The van der Waals surface area contributed by atoms with Gasteiger partial charge in [0, 0.05) is 30.2 Å². The molecule has 6 nitrogen and oxygen atoms in total. The van der Waals surface area contributed by atoms with Gasteiger partial charge < -0.3 is 9.88 Å². The number of amides is 1. The molecule has 26 heavy (non-hydrogen) atoms. The topological polar surface area (TPSA) is 75.6 Å². The number of hydrogen-bond acceptors (Lipinski definition) is 3. The fourth-order valence-corrected chi connectivity index (χ4v) is 2.92. The van der Waals surface area contributed by atoms with Crippen molar-refractivity contribution in [2.75, 3.05) is 0 Å². The van der Waals surface area contributed by atoms with E-state index in [2.05, 4.69) is 43.3 Å². The maximum atomic E-state index is 12.1. The molecule has 0 saturated carbocycles. The average Bonchev–Trinajstić information content (AvgIpc) is 3.33. The van der Waals surface area contributed by atoms with E-state index in [9.17, 15) is 4.79 Å². The van der Waals surface area contributed by atoms with Crippen LogP contribution < -0.4 is 5.32 Å². The van der Waals surface area contributed by atoms with E-state index < -0.39 is 0 Å². The summed E-state index contributed by atoms with van der Waals surface area (Å²) in [6.45, 7) is 0.982. The molecule has 1 amide bonds. The Kier molecular flexibility index (Phi) is 4.47. The van der Waals surface area contributed by atoms with Gasteiger partial charge in [-0.2, -0.15) is 5.10 Å². The van der Waals surface area contributed by atoms with E-state index in [1.165, 1.54) is 5.39 Å². The molecule has 6 heteroatoms. The Balaban J connectivity index is 1.31. The third-order valence-corrected chi connectivity index (χ3v) is 4.28. The predicted molar refractivity (Wildman–Crippen MR) is 100 cm³/mol. The number of aromatic nitrogens is 4. The summed E-state index contributed by atoms with van der Waals surface area (Å²) in [6.07, 6.45) is 2.43. The van der Waals surface area contributed by atoms with Crippen molar-refractivity contribution in [2.45, 2.75) is 19.5 Å². The summed E-state index contributed by atoms with van der Waals surface area (Å²) >= 11 is 0. The Bertz CT molecular complexity index is 1020. The Labute approximate surface area is 150 Å². The summed E-state index contributed by atoms with van der Waals surface area (Å²) < 4.78 is 2.09. The van der Waals surface area contributed by atoms with Gasteiger partial charge in [-0.1, -0.05) is 48.5 Å². The first kappa shape index (κ1) is 16.1. The normalized spacial score (nSPS) is 10.9. The summed E-state index contributed by atoms with van der Waals surface area (Å²) in [6, 6.07) is 20.0. The summed E-state index contributed by atoms with van der Waals surface area (Å²) in [5, 5.41) is 11.1. The molecule has 0 bridgehead atoms. The highest BCUT2D eigenvalue weighted by Crippen LogP contribution is 2.15. The van der Waals surface area contributed by atoms with Crippen LogP contribution in [-0.2, 0) is 17.9 Å². The Morgan fingerprint density at radius 1 is 1.04 bits per heavy atom. The van der Waals surface area contributed by atoms with Crippen LogP contribution in [-0.4, -0.2) is 25.7 Å². The zero-order valence-electron chi connectivity index (χ0n) is 14.2. The van der Waals surface area contributed by atoms with Gasteiger partial charge in [0.1, 0.15) is 5.82 Å². The first-order chi connectivity index (χ1) is 12.8. The third kappa shape index (κ3) is 3.49. The van der Waals surface area contributed by atoms with Gasteiger partial charge in [0.2, 0.25) is 5.91 Å². The number of carbonyl (C=O) groups is 1. The molecule has 0 spiro atoms. The maximum absolute atomic E-state index is 12.1. The van der Waals surface area contributed by atoms with Crippen LogP contribution in [0, 0.1) is 0 Å². The fraction of sp³-hybridized carbons (Fsp3) is 0.150. The number of aryl methyl sites for hydroxylation is 1. The Morgan fingerprint density at radius 2 is 1.85 bits per heavy atom. The lowest BCUT2D eigenvalue weighted by atomic mass is 10.2. The second-order valence-corrected chi connectivity index (χ2v) is 6.07. The van der Waals surface area contributed by atoms with Crippen molar-refractivity contribution in [3.05, 3.63) is 72.7 Å². The van der Waals surface area contributed by atoms with Gasteiger partial charge in [-0.05, 0) is 17.5 Å². The number of H-pyrrole nitrogens is 1. The van der Waals surface area contributed by atoms with Crippen LogP contribution in [0.1, 0.15) is 12.2 Å². The molecule has 0 saturated heterocycles. The van der Waals surface area contributed by atoms with Crippen LogP contribution >= 0.6 is 0 Å². The van der Waals surface area contributed by atoms with Crippen LogP contribution in [0.5, 0.6) is 0 Å². The first-order valence-electron chi connectivity index (χ1n) is 8.57. The minimum atomic E-state index is -0.0135. The SMILES string of the molecule is O=C(CCn1ccc2ccccc21)NCc1nc(-c2ccccc2)n[nH]1. The van der Waals surface area contributed by atoms with Crippen LogP contribution in [0.25, 0.3) is 22.3 Å². The van der Waals surface area contributed by atoms with Gasteiger partial charge >= 0.3 is 0 Å². The molecule has 2 heterocycles. The van der Waals surface area contributed by atoms with Gasteiger partial charge in [-0.25, -0.2) is 4.98 Å². The summed E-state index contributed by atoms with van der Waals surface area (Å²) in [5.41, 5.74) is 2.09. The highest BCUT2D eigenvalue weighted by Gasteiger charge is 2.08. The van der Waals surface area contributed by atoms with E-state index in [4.69, 9.17) is 0 Å². The lowest BCUT2D eigenvalue weighted by Crippen LogP contribution is -2.24. The van der Waals surface area contributed by atoms with Gasteiger partial charge in [0.15, 0.2) is 5.82 Å². The number of benzene rings is 2. The van der Waals surface area contributed by atoms with Gasteiger partial charge in [0.25, 0.3) is 0 Å². The molecule has 2 N–H and O–H groups in total. The maximum Gasteiger partial charge on any atom is 0.222 e. The molecule has 130 valence electrons. The highest BCUT2D eigenvalue weighted by molar-refractivity contribution is 5.80. The van der Waals surface area contributed by atoms with Gasteiger partial charge in [-0.3, -0.25) is 9.89 Å². The molecule has 0 radical (unpaired) electrons. The van der Waals surface area contributed by atoms with E-state index in [-0.39, 0.29) is 5.91 Å². The average molecular weight is 345 g/mol. The largest absolute Gasteiger partial charge is 0.349 e. The standard InChI is InChI=1S/C20H19N5O/c26-19(11-13-25-12-10-15-6-4-5-9-17(15)25)21-14-18-22-20(24-23-18)16-7-2-1-3-8-16/h1-10,12H,11,13-14H2,(H,21,26)(H,22,23,24). The van der Waals surface area contributed by atoms with E-state index in [1.807, 2.05) is 48.7 Å². The molecule has 0 fully saturated rings. The molecular weight excluding hydrogens is 326 g/mol. The summed E-state index contributed by atoms with van der Waals surface area (Å²) in [7, 11) is 0. The Hall–Kier alpha value is -3.41. The van der Waals surface area contributed by atoms with E-state index in [0.29, 0.717) is 31.2 Å². The molecule has 4 aromatic rings. The van der Waals surface area contributed by atoms with Crippen molar-refractivity contribution < 1.29 is 4.79 Å². The molecule has 2 aromatic carbocycles. The second-order valence-electron chi connectivity index (χ2n) is 6.07. The number of aromatic amines is 1. The minimum absolute atomic E-state index is 0.0135. The fourth-order valence-electron chi connectivity index (χ4n) is 2.92. The van der Waals surface area contributed by atoms with Crippen molar-refractivity contribution in [3.63, 3.8) is 0 Å². The zero-order valence-corrected chi connectivity index (χ0v) is 14.2. The van der Waals surface area contributed by atoms with Gasteiger partial charge in [-0.15, -0.1) is 0 Å². The quantitative estimate of drug-likeness (QED) is 0.564. The predicted octanol–water partition coefficient (Wildman–Crippen LogP) is 3.13. The third-order valence-electron chi connectivity index (χ3n) is 4.28. The van der Waals surface area contributed by atoms with E-state index >= 15 is 0 Å². The van der Waals surface area contributed by atoms with Gasteiger partial charge in [0.05, 0.1) is 6.54 Å². The monoisotopic (exact) mass is 345 g/mol. The van der Waals surface area contributed by atoms with Crippen molar-refractivity contribution in [1.29, 1.82) is 0 Å². The molecular formula is C20H19N5O. The Morgan fingerprint density at radius 3 is 2.73 bits per heavy atom. The highest BCUT2D eigenvalue weighted by atomic mass is 16.1. The van der Waals surface area contributed by atoms with E-state index in [1.54, 1.807) is 0 Å². The second kappa shape index (κ2) is 7.23. The van der Waals surface area contributed by atoms with E-state index in [0.717, 1.165) is 11.1 Å². The minimum Gasteiger partial charge on any atom is -0.349 e. The number of hydrogen-bond donors (Lipinski definition) is 2. The summed E-state index contributed by atoms with van der Waals surface area (Å²) in [5.74, 6) is 1.26. The van der Waals surface area contributed by atoms with Crippen LogP contribution in [0.3, 0.4) is 0 Å². The molecule has 2 aromatic heterocycles. The van der Waals surface area contributed by atoms with Crippen LogP contribution in [0.15, 0.2) is 66.9 Å². The zero-order chi connectivity index (χ0) is 17.8. The molecule has 4 rings (SSSR count).